The van der Waals surface area contributed by atoms with Crippen LogP contribution in [0.5, 0.6) is 5.75 Å². The van der Waals surface area contributed by atoms with Crippen LogP contribution in [0.4, 0.5) is 0 Å². The summed E-state index contributed by atoms with van der Waals surface area (Å²) in [6.07, 6.45) is 0. The number of hydrogen-bond donors (Lipinski definition) is 1. The lowest BCUT2D eigenvalue weighted by atomic mass is 9.91. The SMILES string of the molecule is CNC1c2cc(Cl)cc(C)c2OCC1C. The quantitative estimate of drug-likeness (QED) is 0.794. The van der Waals surface area contributed by atoms with E-state index in [1.165, 1.54) is 5.56 Å². The van der Waals surface area contributed by atoms with Crippen molar-refractivity contribution >= 4 is 11.6 Å². The van der Waals surface area contributed by atoms with Crippen LogP contribution < -0.4 is 10.1 Å². The van der Waals surface area contributed by atoms with Gasteiger partial charge in [-0.25, -0.2) is 0 Å². The van der Waals surface area contributed by atoms with Crippen molar-refractivity contribution in [2.24, 2.45) is 5.92 Å². The second-order valence-corrected chi connectivity index (χ2v) is 4.63. The topological polar surface area (TPSA) is 21.3 Å². The minimum Gasteiger partial charge on any atom is -0.493 e. The van der Waals surface area contributed by atoms with Crippen LogP contribution in [0.15, 0.2) is 12.1 Å². The first-order valence-electron chi connectivity index (χ1n) is 5.23. The first-order chi connectivity index (χ1) is 7.13. The van der Waals surface area contributed by atoms with E-state index in [9.17, 15) is 0 Å². The van der Waals surface area contributed by atoms with Gasteiger partial charge in [0, 0.05) is 22.5 Å². The molecule has 0 radical (unpaired) electrons. The van der Waals surface area contributed by atoms with Crippen LogP contribution in [0.2, 0.25) is 5.02 Å². The fourth-order valence-corrected chi connectivity index (χ4v) is 2.52. The number of fused-ring (bicyclic) bond motifs is 1. The van der Waals surface area contributed by atoms with Gasteiger partial charge in [0.25, 0.3) is 0 Å². The molecule has 0 aromatic heterocycles. The number of hydrogen-bond acceptors (Lipinski definition) is 2. The normalized spacial score (nSPS) is 24.5. The number of rotatable bonds is 1. The number of benzene rings is 1. The maximum atomic E-state index is 6.07. The van der Waals surface area contributed by atoms with Crippen molar-refractivity contribution in [3.8, 4) is 5.75 Å². The third-order valence-corrected chi connectivity index (χ3v) is 3.19. The molecule has 1 aromatic carbocycles. The molecule has 2 rings (SSSR count). The van der Waals surface area contributed by atoms with Gasteiger partial charge in [-0.1, -0.05) is 18.5 Å². The monoisotopic (exact) mass is 225 g/mol. The molecule has 2 nitrogen and oxygen atoms in total. The molecular weight excluding hydrogens is 210 g/mol. The Morgan fingerprint density at radius 1 is 1.47 bits per heavy atom. The molecular formula is C12H16ClNO. The molecule has 0 saturated carbocycles. The van der Waals surface area contributed by atoms with E-state index in [1.54, 1.807) is 0 Å². The van der Waals surface area contributed by atoms with Gasteiger partial charge in [0.05, 0.1) is 6.61 Å². The molecule has 1 aromatic rings. The van der Waals surface area contributed by atoms with Gasteiger partial charge in [0.2, 0.25) is 0 Å². The van der Waals surface area contributed by atoms with Gasteiger partial charge < -0.3 is 10.1 Å². The first-order valence-corrected chi connectivity index (χ1v) is 5.61. The molecule has 1 aliphatic rings. The van der Waals surface area contributed by atoms with Gasteiger partial charge in [0.1, 0.15) is 5.75 Å². The summed E-state index contributed by atoms with van der Waals surface area (Å²) in [4.78, 5) is 0. The second kappa shape index (κ2) is 4.03. The molecule has 2 atom stereocenters. The first kappa shape index (κ1) is 10.8. The molecule has 3 heteroatoms. The zero-order valence-electron chi connectivity index (χ0n) is 9.30. The third kappa shape index (κ3) is 1.84. The summed E-state index contributed by atoms with van der Waals surface area (Å²) in [7, 11) is 1.98. The molecule has 0 bridgehead atoms. The largest absolute Gasteiger partial charge is 0.493 e. The standard InChI is InChI=1S/C12H16ClNO/c1-7-4-9(13)5-10-11(14-3)8(2)6-15-12(7)10/h4-5,8,11,14H,6H2,1-3H3. The van der Waals surface area contributed by atoms with Crippen LogP contribution in [0.1, 0.15) is 24.1 Å². The summed E-state index contributed by atoms with van der Waals surface area (Å²) in [5.74, 6) is 1.47. The average Bonchev–Trinajstić information content (AvgIpc) is 2.17. The highest BCUT2D eigenvalue weighted by Crippen LogP contribution is 2.39. The van der Waals surface area contributed by atoms with E-state index in [2.05, 4.69) is 12.2 Å². The molecule has 0 amide bonds. The van der Waals surface area contributed by atoms with E-state index in [0.29, 0.717) is 12.0 Å². The van der Waals surface area contributed by atoms with Crippen LogP contribution in [0, 0.1) is 12.8 Å². The molecule has 15 heavy (non-hydrogen) atoms. The van der Waals surface area contributed by atoms with Crippen LogP contribution in [0.3, 0.4) is 0 Å². The Hall–Kier alpha value is -0.730. The number of nitrogens with one attached hydrogen (secondary N) is 1. The lowest BCUT2D eigenvalue weighted by molar-refractivity contribution is 0.192. The lowest BCUT2D eigenvalue weighted by Gasteiger charge is -2.32. The average molecular weight is 226 g/mol. The summed E-state index contributed by atoms with van der Waals surface area (Å²) in [5.41, 5.74) is 2.30. The van der Waals surface area contributed by atoms with E-state index >= 15 is 0 Å². The van der Waals surface area contributed by atoms with Crippen LogP contribution in [-0.2, 0) is 0 Å². The highest BCUT2D eigenvalue weighted by Gasteiger charge is 2.27. The Labute approximate surface area is 95.6 Å². The fourth-order valence-electron chi connectivity index (χ4n) is 2.24. The summed E-state index contributed by atoms with van der Waals surface area (Å²) >= 11 is 6.07. The minimum atomic E-state index is 0.339. The molecule has 0 aliphatic carbocycles. The molecule has 1 heterocycles. The Morgan fingerprint density at radius 3 is 2.87 bits per heavy atom. The molecule has 1 N–H and O–H groups in total. The van der Waals surface area contributed by atoms with Crippen molar-refractivity contribution in [1.29, 1.82) is 0 Å². The van der Waals surface area contributed by atoms with Gasteiger partial charge in [-0.15, -0.1) is 0 Å². The molecule has 0 spiro atoms. The van der Waals surface area contributed by atoms with Gasteiger partial charge >= 0.3 is 0 Å². The molecule has 1 aliphatic heterocycles. The van der Waals surface area contributed by atoms with E-state index in [1.807, 2.05) is 26.1 Å². The van der Waals surface area contributed by atoms with Crippen molar-refractivity contribution in [3.05, 3.63) is 28.3 Å². The van der Waals surface area contributed by atoms with Crippen LogP contribution >= 0.6 is 11.6 Å². The van der Waals surface area contributed by atoms with Gasteiger partial charge in [-0.2, -0.15) is 0 Å². The summed E-state index contributed by atoms with van der Waals surface area (Å²) in [5, 5.41) is 4.11. The van der Waals surface area contributed by atoms with Crippen molar-refractivity contribution < 1.29 is 4.74 Å². The van der Waals surface area contributed by atoms with E-state index in [4.69, 9.17) is 16.3 Å². The summed E-state index contributed by atoms with van der Waals surface area (Å²) in [6, 6.07) is 4.29. The Bertz CT molecular complexity index is 378. The highest BCUT2D eigenvalue weighted by molar-refractivity contribution is 6.30. The van der Waals surface area contributed by atoms with Crippen molar-refractivity contribution in [2.75, 3.05) is 13.7 Å². The summed E-state index contributed by atoms with van der Waals surface area (Å²) in [6.45, 7) is 4.98. The Balaban J connectivity index is 2.52. The van der Waals surface area contributed by atoms with Gasteiger partial charge in [-0.3, -0.25) is 0 Å². The van der Waals surface area contributed by atoms with Crippen molar-refractivity contribution in [1.82, 2.24) is 5.32 Å². The Kier molecular flexibility index (Phi) is 2.89. The smallest absolute Gasteiger partial charge is 0.127 e. The minimum absolute atomic E-state index is 0.339. The van der Waals surface area contributed by atoms with E-state index in [0.717, 1.165) is 22.9 Å². The molecule has 0 fully saturated rings. The number of aryl methyl sites for hydroxylation is 1. The number of halogens is 1. The predicted octanol–water partition coefficient (Wildman–Crippen LogP) is 2.94. The fraction of sp³-hybridized carbons (Fsp3) is 0.500. The zero-order chi connectivity index (χ0) is 11.0. The Morgan fingerprint density at radius 2 is 2.20 bits per heavy atom. The maximum absolute atomic E-state index is 6.07. The highest BCUT2D eigenvalue weighted by atomic mass is 35.5. The number of ether oxygens (including phenoxy) is 1. The van der Waals surface area contributed by atoms with E-state index in [-0.39, 0.29) is 0 Å². The van der Waals surface area contributed by atoms with Gasteiger partial charge in [0.15, 0.2) is 0 Å². The van der Waals surface area contributed by atoms with Crippen LogP contribution in [-0.4, -0.2) is 13.7 Å². The van der Waals surface area contributed by atoms with Gasteiger partial charge in [-0.05, 0) is 31.7 Å². The summed E-state index contributed by atoms with van der Waals surface area (Å²) < 4.78 is 5.75. The van der Waals surface area contributed by atoms with Crippen molar-refractivity contribution in [3.63, 3.8) is 0 Å². The molecule has 2 unspecified atom stereocenters. The second-order valence-electron chi connectivity index (χ2n) is 4.20. The van der Waals surface area contributed by atoms with E-state index < -0.39 is 0 Å². The third-order valence-electron chi connectivity index (χ3n) is 2.97. The maximum Gasteiger partial charge on any atom is 0.127 e. The zero-order valence-corrected chi connectivity index (χ0v) is 10.1. The molecule has 82 valence electrons. The van der Waals surface area contributed by atoms with Crippen LogP contribution in [0.25, 0.3) is 0 Å². The molecule has 0 saturated heterocycles. The van der Waals surface area contributed by atoms with Crippen molar-refractivity contribution in [2.45, 2.75) is 19.9 Å². The predicted molar refractivity (Wildman–Crippen MR) is 62.6 cm³/mol. The lowest BCUT2D eigenvalue weighted by Crippen LogP contribution is -2.32.